The van der Waals surface area contributed by atoms with Gasteiger partial charge in [-0.25, -0.2) is 0 Å². The van der Waals surface area contributed by atoms with Crippen LogP contribution in [0.3, 0.4) is 0 Å². The van der Waals surface area contributed by atoms with Gasteiger partial charge in [0.2, 0.25) is 0 Å². The van der Waals surface area contributed by atoms with Crippen LogP contribution in [0.2, 0.25) is 5.02 Å². The SMILES string of the molecule is C[C@@H](OC(=O)Cc1ccc(-c2ccccc2)cc1)C(=O)Nc1cccc(Cl)c1. The molecule has 0 saturated heterocycles. The van der Waals surface area contributed by atoms with Gasteiger partial charge in [-0.1, -0.05) is 72.3 Å². The minimum Gasteiger partial charge on any atom is -0.452 e. The fourth-order valence-corrected chi connectivity index (χ4v) is 2.91. The Labute approximate surface area is 169 Å². The lowest BCUT2D eigenvalue weighted by atomic mass is 10.0. The minimum atomic E-state index is -0.907. The van der Waals surface area contributed by atoms with E-state index < -0.39 is 18.0 Å². The zero-order chi connectivity index (χ0) is 19.9. The van der Waals surface area contributed by atoms with Gasteiger partial charge in [-0.3, -0.25) is 9.59 Å². The Morgan fingerprint density at radius 2 is 1.61 bits per heavy atom. The van der Waals surface area contributed by atoms with Crippen molar-refractivity contribution < 1.29 is 14.3 Å². The number of rotatable bonds is 6. The van der Waals surface area contributed by atoms with Gasteiger partial charge in [0.1, 0.15) is 0 Å². The topological polar surface area (TPSA) is 55.4 Å². The second kappa shape index (κ2) is 9.20. The van der Waals surface area contributed by atoms with Gasteiger partial charge in [-0.05, 0) is 41.8 Å². The van der Waals surface area contributed by atoms with Crippen LogP contribution in [0.15, 0.2) is 78.9 Å². The van der Waals surface area contributed by atoms with Crippen LogP contribution in [0.5, 0.6) is 0 Å². The molecule has 1 atom stereocenters. The van der Waals surface area contributed by atoms with Crippen molar-refractivity contribution in [3.8, 4) is 11.1 Å². The van der Waals surface area contributed by atoms with E-state index in [0.717, 1.165) is 16.7 Å². The van der Waals surface area contributed by atoms with Gasteiger partial charge in [0, 0.05) is 10.7 Å². The van der Waals surface area contributed by atoms with Crippen LogP contribution < -0.4 is 5.32 Å². The number of amides is 1. The highest BCUT2D eigenvalue weighted by molar-refractivity contribution is 6.30. The number of halogens is 1. The van der Waals surface area contributed by atoms with Crippen molar-refractivity contribution in [2.45, 2.75) is 19.4 Å². The summed E-state index contributed by atoms with van der Waals surface area (Å²) >= 11 is 5.90. The largest absolute Gasteiger partial charge is 0.452 e. The summed E-state index contributed by atoms with van der Waals surface area (Å²) in [6, 6.07) is 24.5. The Bertz CT molecular complexity index is 955. The third-order valence-electron chi connectivity index (χ3n) is 4.18. The molecule has 3 aromatic rings. The Balaban J connectivity index is 1.54. The molecule has 5 heteroatoms. The molecular formula is C23H20ClNO3. The van der Waals surface area contributed by atoms with E-state index >= 15 is 0 Å². The van der Waals surface area contributed by atoms with Crippen molar-refractivity contribution in [3.05, 3.63) is 89.4 Å². The number of carbonyl (C=O) groups is 2. The Hall–Kier alpha value is -3.11. The first-order chi connectivity index (χ1) is 13.5. The van der Waals surface area contributed by atoms with Crippen molar-refractivity contribution in [1.82, 2.24) is 0 Å². The van der Waals surface area contributed by atoms with Gasteiger partial charge in [-0.2, -0.15) is 0 Å². The van der Waals surface area contributed by atoms with E-state index in [9.17, 15) is 9.59 Å². The maximum absolute atomic E-state index is 12.2. The third kappa shape index (κ3) is 5.44. The molecule has 0 spiro atoms. The number of carbonyl (C=O) groups excluding carboxylic acids is 2. The number of hydrogen-bond donors (Lipinski definition) is 1. The number of esters is 1. The fourth-order valence-electron chi connectivity index (χ4n) is 2.71. The second-order valence-corrected chi connectivity index (χ2v) is 6.81. The first-order valence-electron chi connectivity index (χ1n) is 8.91. The summed E-state index contributed by atoms with van der Waals surface area (Å²) in [6.45, 7) is 1.54. The molecule has 0 aromatic heterocycles. The molecule has 1 N–H and O–H groups in total. The van der Waals surface area contributed by atoms with Gasteiger partial charge in [0.25, 0.3) is 5.91 Å². The molecule has 0 aliphatic carbocycles. The lowest BCUT2D eigenvalue weighted by molar-refractivity contribution is -0.152. The molecule has 28 heavy (non-hydrogen) atoms. The lowest BCUT2D eigenvalue weighted by Gasteiger charge is -2.14. The summed E-state index contributed by atoms with van der Waals surface area (Å²) in [5.74, 6) is -0.865. The summed E-state index contributed by atoms with van der Waals surface area (Å²) in [5, 5.41) is 3.19. The predicted octanol–water partition coefficient (Wildman–Crippen LogP) is 5.12. The highest BCUT2D eigenvalue weighted by Crippen LogP contribution is 2.20. The standard InChI is InChI=1S/C23H20ClNO3/c1-16(23(27)25-21-9-5-8-20(24)15-21)28-22(26)14-17-10-12-19(13-11-17)18-6-3-2-4-7-18/h2-13,15-16H,14H2,1H3,(H,25,27)/t16-/m1/s1. The van der Waals surface area contributed by atoms with E-state index in [-0.39, 0.29) is 6.42 Å². The number of anilines is 1. The Morgan fingerprint density at radius 1 is 0.929 bits per heavy atom. The van der Waals surface area contributed by atoms with Gasteiger partial charge >= 0.3 is 5.97 Å². The third-order valence-corrected chi connectivity index (χ3v) is 4.41. The predicted molar refractivity (Wildman–Crippen MR) is 111 cm³/mol. The van der Waals surface area contributed by atoms with Gasteiger partial charge in [0.15, 0.2) is 6.10 Å². The van der Waals surface area contributed by atoms with E-state index in [1.807, 2.05) is 54.6 Å². The van der Waals surface area contributed by atoms with Crippen molar-refractivity contribution in [2.24, 2.45) is 0 Å². The van der Waals surface area contributed by atoms with Gasteiger partial charge < -0.3 is 10.1 Å². The van der Waals surface area contributed by atoms with Gasteiger partial charge in [-0.15, -0.1) is 0 Å². The number of hydrogen-bond acceptors (Lipinski definition) is 3. The first-order valence-corrected chi connectivity index (χ1v) is 9.29. The average Bonchev–Trinajstić information content (AvgIpc) is 2.69. The summed E-state index contributed by atoms with van der Waals surface area (Å²) in [6.07, 6.45) is -0.806. The van der Waals surface area contributed by atoms with E-state index in [0.29, 0.717) is 10.7 Å². The molecule has 3 rings (SSSR count). The lowest BCUT2D eigenvalue weighted by Crippen LogP contribution is -2.30. The Morgan fingerprint density at radius 3 is 2.29 bits per heavy atom. The van der Waals surface area contributed by atoms with Crippen molar-refractivity contribution >= 4 is 29.2 Å². The minimum absolute atomic E-state index is 0.101. The Kier molecular flexibility index (Phi) is 6.45. The smallest absolute Gasteiger partial charge is 0.311 e. The molecule has 0 radical (unpaired) electrons. The van der Waals surface area contributed by atoms with Crippen LogP contribution in [-0.4, -0.2) is 18.0 Å². The van der Waals surface area contributed by atoms with E-state index in [1.54, 1.807) is 24.3 Å². The monoisotopic (exact) mass is 393 g/mol. The molecule has 0 aliphatic rings. The maximum Gasteiger partial charge on any atom is 0.311 e. The highest BCUT2D eigenvalue weighted by Gasteiger charge is 2.18. The molecule has 142 valence electrons. The van der Waals surface area contributed by atoms with Crippen LogP contribution in [0.1, 0.15) is 12.5 Å². The molecule has 1 amide bonds. The maximum atomic E-state index is 12.2. The van der Waals surface area contributed by atoms with Crippen LogP contribution in [-0.2, 0) is 20.7 Å². The first kappa shape index (κ1) is 19.6. The number of benzene rings is 3. The van der Waals surface area contributed by atoms with E-state index in [1.165, 1.54) is 6.92 Å². The molecular weight excluding hydrogens is 374 g/mol. The van der Waals surface area contributed by atoms with Crippen LogP contribution in [0.25, 0.3) is 11.1 Å². The molecule has 0 heterocycles. The molecule has 3 aromatic carbocycles. The zero-order valence-electron chi connectivity index (χ0n) is 15.4. The molecule has 0 saturated carbocycles. The zero-order valence-corrected chi connectivity index (χ0v) is 16.1. The van der Waals surface area contributed by atoms with Crippen molar-refractivity contribution in [3.63, 3.8) is 0 Å². The summed E-state index contributed by atoms with van der Waals surface area (Å²) < 4.78 is 5.25. The molecule has 4 nitrogen and oxygen atoms in total. The normalized spacial score (nSPS) is 11.5. The number of ether oxygens (including phenoxy) is 1. The highest BCUT2D eigenvalue weighted by atomic mass is 35.5. The van der Waals surface area contributed by atoms with Crippen molar-refractivity contribution in [1.29, 1.82) is 0 Å². The number of nitrogens with one attached hydrogen (secondary N) is 1. The summed E-state index contributed by atoms with van der Waals surface area (Å²) in [5.41, 5.74) is 3.57. The fraction of sp³-hybridized carbons (Fsp3) is 0.130. The molecule has 0 fully saturated rings. The molecule has 0 aliphatic heterocycles. The van der Waals surface area contributed by atoms with E-state index in [2.05, 4.69) is 5.32 Å². The van der Waals surface area contributed by atoms with E-state index in [4.69, 9.17) is 16.3 Å². The molecule has 0 bridgehead atoms. The van der Waals surface area contributed by atoms with Crippen LogP contribution in [0.4, 0.5) is 5.69 Å². The van der Waals surface area contributed by atoms with Gasteiger partial charge in [0.05, 0.1) is 6.42 Å². The summed E-state index contributed by atoms with van der Waals surface area (Å²) in [7, 11) is 0. The second-order valence-electron chi connectivity index (χ2n) is 6.37. The average molecular weight is 394 g/mol. The van der Waals surface area contributed by atoms with Crippen LogP contribution >= 0.6 is 11.6 Å². The summed E-state index contributed by atoms with van der Waals surface area (Å²) in [4.78, 5) is 24.3. The van der Waals surface area contributed by atoms with Crippen molar-refractivity contribution in [2.75, 3.05) is 5.32 Å². The molecule has 0 unspecified atom stereocenters. The quantitative estimate of drug-likeness (QED) is 0.591. The van der Waals surface area contributed by atoms with Crippen LogP contribution in [0, 0.1) is 0 Å².